The summed E-state index contributed by atoms with van der Waals surface area (Å²) in [4.78, 5) is 40.8. The van der Waals surface area contributed by atoms with Crippen molar-refractivity contribution in [2.75, 3.05) is 5.32 Å². The van der Waals surface area contributed by atoms with Crippen LogP contribution in [-0.2, 0) is 11.2 Å². The van der Waals surface area contributed by atoms with E-state index in [1.54, 1.807) is 24.3 Å². The Labute approximate surface area is 197 Å². The molecule has 4 aromatic rings. The minimum Gasteiger partial charge on any atom is -0.324 e. The van der Waals surface area contributed by atoms with E-state index in [9.17, 15) is 14.4 Å². The van der Waals surface area contributed by atoms with Crippen LogP contribution in [0.1, 0.15) is 26.3 Å². The minimum absolute atomic E-state index is 0.222. The largest absolute Gasteiger partial charge is 0.324 e. The maximum absolute atomic E-state index is 13.4. The molecule has 3 amide bonds. The van der Waals surface area contributed by atoms with Gasteiger partial charge < -0.3 is 5.32 Å². The fraction of sp³-hybridized carbons (Fsp3) is 0.0690. The maximum Gasteiger partial charge on any atom is 0.262 e. The molecule has 0 saturated heterocycles. The molecule has 0 radical (unpaired) electrons. The summed E-state index contributed by atoms with van der Waals surface area (Å²) >= 11 is 0. The van der Waals surface area contributed by atoms with E-state index in [1.807, 2.05) is 84.9 Å². The summed E-state index contributed by atoms with van der Waals surface area (Å²) in [5.41, 5.74) is 4.21. The molecule has 5 heteroatoms. The van der Waals surface area contributed by atoms with Gasteiger partial charge in [0.25, 0.3) is 11.8 Å². The molecule has 1 aliphatic heterocycles. The molecule has 0 aromatic heterocycles. The lowest BCUT2D eigenvalue weighted by Crippen LogP contribution is -2.48. The maximum atomic E-state index is 13.4. The molecule has 1 heterocycles. The van der Waals surface area contributed by atoms with E-state index < -0.39 is 23.8 Å². The molecule has 166 valence electrons. The van der Waals surface area contributed by atoms with Gasteiger partial charge in [-0.05, 0) is 41.0 Å². The quantitative estimate of drug-likeness (QED) is 0.414. The van der Waals surface area contributed by atoms with Gasteiger partial charge in [0.15, 0.2) is 0 Å². The summed E-state index contributed by atoms with van der Waals surface area (Å²) < 4.78 is 0. The molecular weight excluding hydrogens is 424 g/mol. The van der Waals surface area contributed by atoms with E-state index in [4.69, 9.17) is 0 Å². The van der Waals surface area contributed by atoms with Crippen molar-refractivity contribution in [1.82, 2.24) is 4.90 Å². The van der Waals surface area contributed by atoms with Gasteiger partial charge in [0.05, 0.1) is 11.1 Å². The van der Waals surface area contributed by atoms with Crippen LogP contribution >= 0.6 is 0 Å². The third kappa shape index (κ3) is 4.11. The second kappa shape index (κ2) is 9.16. The lowest BCUT2D eigenvalue weighted by molar-refractivity contribution is -0.119. The summed E-state index contributed by atoms with van der Waals surface area (Å²) in [6.45, 7) is 0. The number of nitrogens with one attached hydrogen (secondary N) is 1. The zero-order valence-corrected chi connectivity index (χ0v) is 18.3. The third-order valence-corrected chi connectivity index (χ3v) is 5.97. The zero-order valence-electron chi connectivity index (χ0n) is 18.3. The Balaban J connectivity index is 1.42. The first kappa shape index (κ1) is 21.3. The normalized spacial score (nSPS) is 13.5. The van der Waals surface area contributed by atoms with Crippen LogP contribution < -0.4 is 5.32 Å². The van der Waals surface area contributed by atoms with Crippen LogP contribution in [0.15, 0.2) is 109 Å². The first-order valence-electron chi connectivity index (χ1n) is 11.1. The molecule has 0 aliphatic carbocycles. The summed E-state index contributed by atoms with van der Waals surface area (Å²) in [6.07, 6.45) is 0.222. The number of hydrogen-bond acceptors (Lipinski definition) is 3. The zero-order chi connectivity index (χ0) is 23.5. The Morgan fingerprint density at radius 1 is 0.647 bits per heavy atom. The molecule has 34 heavy (non-hydrogen) atoms. The smallest absolute Gasteiger partial charge is 0.262 e. The number of carbonyl (C=O) groups is 3. The number of carbonyl (C=O) groups excluding carboxylic acids is 3. The van der Waals surface area contributed by atoms with Crippen molar-refractivity contribution in [3.05, 3.63) is 126 Å². The monoisotopic (exact) mass is 446 g/mol. The van der Waals surface area contributed by atoms with Gasteiger partial charge in [-0.25, -0.2) is 0 Å². The van der Waals surface area contributed by atoms with Gasteiger partial charge in [-0.15, -0.1) is 0 Å². The van der Waals surface area contributed by atoms with Crippen molar-refractivity contribution in [3.63, 3.8) is 0 Å². The van der Waals surface area contributed by atoms with Gasteiger partial charge in [0.1, 0.15) is 6.04 Å². The molecule has 0 bridgehead atoms. The molecule has 1 N–H and O–H groups in total. The average molecular weight is 447 g/mol. The van der Waals surface area contributed by atoms with Crippen LogP contribution in [-0.4, -0.2) is 28.7 Å². The van der Waals surface area contributed by atoms with Crippen LogP contribution in [0.5, 0.6) is 0 Å². The summed E-state index contributed by atoms with van der Waals surface area (Å²) in [5, 5.41) is 2.90. The van der Waals surface area contributed by atoms with Gasteiger partial charge in [-0.3, -0.25) is 19.3 Å². The number of nitrogens with zero attached hydrogens (tertiary/aromatic N) is 1. The van der Waals surface area contributed by atoms with Crippen LogP contribution in [0.25, 0.3) is 11.1 Å². The summed E-state index contributed by atoms with van der Waals surface area (Å²) in [6, 6.07) is 32.5. The molecule has 1 atom stereocenters. The van der Waals surface area contributed by atoms with Crippen molar-refractivity contribution in [1.29, 1.82) is 0 Å². The topological polar surface area (TPSA) is 66.5 Å². The van der Waals surface area contributed by atoms with Gasteiger partial charge in [-0.1, -0.05) is 84.9 Å². The minimum atomic E-state index is -0.983. The second-order valence-corrected chi connectivity index (χ2v) is 8.16. The number of rotatable bonds is 6. The predicted molar refractivity (Wildman–Crippen MR) is 131 cm³/mol. The lowest BCUT2D eigenvalue weighted by atomic mass is 10.0. The Hall–Kier alpha value is -4.51. The van der Waals surface area contributed by atoms with Crippen molar-refractivity contribution in [2.45, 2.75) is 12.5 Å². The third-order valence-electron chi connectivity index (χ3n) is 5.97. The Kier molecular flexibility index (Phi) is 5.75. The van der Waals surface area contributed by atoms with Gasteiger partial charge in [-0.2, -0.15) is 0 Å². The molecule has 5 nitrogen and oxygen atoms in total. The molecule has 5 rings (SSSR count). The van der Waals surface area contributed by atoms with E-state index in [1.165, 1.54) is 0 Å². The Bertz CT molecular complexity index is 1310. The molecule has 0 saturated carbocycles. The number of amides is 3. The predicted octanol–water partition coefficient (Wildman–Crippen LogP) is 5.20. The fourth-order valence-corrected chi connectivity index (χ4v) is 4.23. The number of hydrogen-bond donors (Lipinski definition) is 1. The van der Waals surface area contributed by atoms with Crippen molar-refractivity contribution >= 4 is 23.4 Å². The van der Waals surface area contributed by atoms with E-state index in [-0.39, 0.29) is 6.42 Å². The van der Waals surface area contributed by atoms with E-state index >= 15 is 0 Å². The van der Waals surface area contributed by atoms with Crippen LogP contribution in [0.4, 0.5) is 5.69 Å². The van der Waals surface area contributed by atoms with Gasteiger partial charge in [0, 0.05) is 12.1 Å². The van der Waals surface area contributed by atoms with E-state index in [0.29, 0.717) is 16.8 Å². The highest BCUT2D eigenvalue weighted by Crippen LogP contribution is 2.27. The average Bonchev–Trinajstić information content (AvgIpc) is 3.14. The number of benzene rings is 4. The van der Waals surface area contributed by atoms with Crippen molar-refractivity contribution in [3.8, 4) is 11.1 Å². The number of imide groups is 1. The highest BCUT2D eigenvalue weighted by atomic mass is 16.2. The highest BCUT2D eigenvalue weighted by molar-refractivity contribution is 6.23. The Morgan fingerprint density at radius 2 is 1.15 bits per heavy atom. The first-order chi connectivity index (χ1) is 16.6. The van der Waals surface area contributed by atoms with E-state index in [0.717, 1.165) is 21.6 Å². The van der Waals surface area contributed by atoms with Crippen molar-refractivity contribution < 1.29 is 14.4 Å². The SMILES string of the molecule is O=C(Nc1ccc(-c2ccccc2)cc1)[C@H](Cc1ccccc1)N1C(=O)c2ccccc2C1=O. The van der Waals surface area contributed by atoms with Crippen molar-refractivity contribution in [2.24, 2.45) is 0 Å². The molecule has 4 aromatic carbocycles. The van der Waals surface area contributed by atoms with Gasteiger partial charge in [0.2, 0.25) is 5.91 Å². The van der Waals surface area contributed by atoms with Crippen LogP contribution in [0, 0.1) is 0 Å². The number of anilines is 1. The highest BCUT2D eigenvalue weighted by Gasteiger charge is 2.42. The molecular formula is C29H22N2O3. The Morgan fingerprint density at radius 3 is 1.74 bits per heavy atom. The van der Waals surface area contributed by atoms with Crippen LogP contribution in [0.2, 0.25) is 0 Å². The lowest BCUT2D eigenvalue weighted by Gasteiger charge is -2.25. The first-order valence-corrected chi connectivity index (χ1v) is 11.1. The fourth-order valence-electron chi connectivity index (χ4n) is 4.23. The second-order valence-electron chi connectivity index (χ2n) is 8.16. The summed E-state index contributed by atoms with van der Waals surface area (Å²) in [5.74, 6) is -1.31. The molecule has 0 unspecified atom stereocenters. The van der Waals surface area contributed by atoms with E-state index in [2.05, 4.69) is 5.32 Å². The molecule has 0 spiro atoms. The standard InChI is InChI=1S/C29H22N2O3/c32-27(30-23-17-15-22(16-18-23)21-11-5-2-6-12-21)26(19-20-9-3-1-4-10-20)31-28(33)24-13-7-8-14-25(24)29(31)34/h1-18,26H,19H2,(H,30,32)/t26-/m0/s1. The van der Waals surface area contributed by atoms with Crippen LogP contribution in [0.3, 0.4) is 0 Å². The number of fused-ring (bicyclic) bond motifs is 1. The summed E-state index contributed by atoms with van der Waals surface area (Å²) in [7, 11) is 0. The molecule has 0 fully saturated rings. The molecule has 1 aliphatic rings. The van der Waals surface area contributed by atoms with Gasteiger partial charge >= 0.3 is 0 Å².